The van der Waals surface area contributed by atoms with Gasteiger partial charge in [0.1, 0.15) is 5.82 Å². The van der Waals surface area contributed by atoms with Crippen molar-refractivity contribution in [3.8, 4) is 0 Å². The normalized spacial score (nSPS) is 10.1. The van der Waals surface area contributed by atoms with Gasteiger partial charge in [0.2, 0.25) is 0 Å². The molecule has 0 fully saturated rings. The van der Waals surface area contributed by atoms with E-state index in [4.69, 9.17) is 28.3 Å². The summed E-state index contributed by atoms with van der Waals surface area (Å²) in [4.78, 5) is 23.3. The van der Waals surface area contributed by atoms with Crippen LogP contribution in [0.2, 0.25) is 10.0 Å². The maximum Gasteiger partial charge on any atom is 0.321 e. The molecule has 0 saturated heterocycles. The number of carboxylic acid groups (broad SMARTS) is 1. The molecule has 0 atom stereocenters. The van der Waals surface area contributed by atoms with Gasteiger partial charge in [-0.1, -0.05) is 23.2 Å². The van der Waals surface area contributed by atoms with E-state index in [9.17, 15) is 14.0 Å². The zero-order chi connectivity index (χ0) is 14.6. The predicted molar refractivity (Wildman–Crippen MR) is 70.3 cm³/mol. The van der Waals surface area contributed by atoms with Gasteiger partial charge in [-0.2, -0.15) is 0 Å². The Morgan fingerprint density at radius 1 is 1.37 bits per heavy atom. The number of hydrogen-bond donors (Lipinski definition) is 2. The smallest absolute Gasteiger partial charge is 0.321 e. The van der Waals surface area contributed by atoms with Crippen LogP contribution in [0.25, 0.3) is 0 Å². The summed E-state index contributed by atoms with van der Waals surface area (Å²) in [6.07, 6.45) is -0.186. The Bertz CT molecular complexity index is 488. The van der Waals surface area contributed by atoms with Crippen molar-refractivity contribution >= 4 is 40.9 Å². The Morgan fingerprint density at radius 2 is 1.89 bits per heavy atom. The van der Waals surface area contributed by atoms with Gasteiger partial charge in [-0.3, -0.25) is 4.79 Å². The number of amides is 2. The summed E-state index contributed by atoms with van der Waals surface area (Å²) in [5, 5.41) is 10.8. The van der Waals surface area contributed by atoms with E-state index in [1.165, 1.54) is 7.05 Å². The monoisotopic (exact) mass is 308 g/mol. The second-order valence-corrected chi connectivity index (χ2v) is 4.55. The molecule has 0 bridgehead atoms. The van der Waals surface area contributed by atoms with Crippen molar-refractivity contribution in [1.82, 2.24) is 4.90 Å². The number of hydrogen-bond acceptors (Lipinski definition) is 2. The van der Waals surface area contributed by atoms with Crippen LogP contribution in [0.4, 0.5) is 14.9 Å². The summed E-state index contributed by atoms with van der Waals surface area (Å²) in [7, 11) is 1.42. The largest absolute Gasteiger partial charge is 0.481 e. The Morgan fingerprint density at radius 3 is 2.37 bits per heavy atom. The van der Waals surface area contributed by atoms with Gasteiger partial charge in [0.15, 0.2) is 0 Å². The lowest BCUT2D eigenvalue weighted by Gasteiger charge is -2.18. The first-order valence-corrected chi connectivity index (χ1v) is 5.95. The average Bonchev–Trinajstić information content (AvgIpc) is 2.30. The van der Waals surface area contributed by atoms with Crippen molar-refractivity contribution < 1.29 is 19.1 Å². The summed E-state index contributed by atoms with van der Waals surface area (Å²) in [5.41, 5.74) is 0.0805. The van der Waals surface area contributed by atoms with Crippen LogP contribution in [0.15, 0.2) is 12.1 Å². The third-order valence-electron chi connectivity index (χ3n) is 2.25. The van der Waals surface area contributed by atoms with E-state index < -0.39 is 17.8 Å². The molecule has 0 saturated carbocycles. The fourth-order valence-corrected chi connectivity index (χ4v) is 1.78. The molecule has 1 aromatic rings. The molecule has 2 N–H and O–H groups in total. The number of carbonyl (C=O) groups is 2. The van der Waals surface area contributed by atoms with Crippen LogP contribution in [0, 0.1) is 5.82 Å². The van der Waals surface area contributed by atoms with Crippen molar-refractivity contribution in [3.63, 3.8) is 0 Å². The third-order valence-corrected chi connectivity index (χ3v) is 2.84. The lowest BCUT2D eigenvalue weighted by Crippen LogP contribution is -2.33. The van der Waals surface area contributed by atoms with Crippen molar-refractivity contribution in [1.29, 1.82) is 0 Å². The number of carboxylic acids is 1. The number of nitrogens with zero attached hydrogens (tertiary/aromatic N) is 1. The minimum absolute atomic E-state index is 0.0254. The lowest BCUT2D eigenvalue weighted by molar-refractivity contribution is -0.137. The van der Waals surface area contributed by atoms with Crippen molar-refractivity contribution in [2.24, 2.45) is 0 Å². The summed E-state index contributed by atoms with van der Waals surface area (Å²) in [6.45, 7) is 0.0254. The molecule has 0 aliphatic heterocycles. The maximum atomic E-state index is 13.0. The number of benzene rings is 1. The van der Waals surface area contributed by atoms with Crippen LogP contribution in [-0.2, 0) is 4.79 Å². The van der Waals surface area contributed by atoms with E-state index in [2.05, 4.69) is 5.32 Å². The summed E-state index contributed by atoms with van der Waals surface area (Å²) in [5.74, 6) is -1.63. The quantitative estimate of drug-likeness (QED) is 0.898. The number of halogens is 3. The van der Waals surface area contributed by atoms with Crippen LogP contribution >= 0.6 is 23.2 Å². The zero-order valence-corrected chi connectivity index (χ0v) is 11.4. The summed E-state index contributed by atoms with van der Waals surface area (Å²) in [6, 6.07) is 1.44. The molecular weight excluding hydrogens is 298 g/mol. The first-order valence-electron chi connectivity index (χ1n) is 5.19. The number of aliphatic carboxylic acids is 1. The van der Waals surface area contributed by atoms with Gasteiger partial charge in [0.05, 0.1) is 22.2 Å². The van der Waals surface area contributed by atoms with Crippen molar-refractivity contribution in [3.05, 3.63) is 28.0 Å². The molecule has 0 aromatic heterocycles. The predicted octanol–water partition coefficient (Wildman–Crippen LogP) is 3.07. The molecule has 0 aliphatic carbocycles. The highest BCUT2D eigenvalue weighted by molar-refractivity contribution is 6.39. The topological polar surface area (TPSA) is 69.6 Å². The second-order valence-electron chi connectivity index (χ2n) is 3.74. The number of anilines is 1. The highest BCUT2D eigenvalue weighted by atomic mass is 35.5. The Hall–Kier alpha value is -1.53. The van der Waals surface area contributed by atoms with Crippen molar-refractivity contribution in [2.45, 2.75) is 6.42 Å². The van der Waals surface area contributed by atoms with Crippen LogP contribution < -0.4 is 5.32 Å². The average molecular weight is 309 g/mol. The molecule has 0 aliphatic rings. The number of nitrogens with one attached hydrogen (secondary N) is 1. The first-order chi connectivity index (χ1) is 8.81. The van der Waals surface area contributed by atoms with E-state index in [0.717, 1.165) is 17.0 Å². The van der Waals surface area contributed by atoms with Gasteiger partial charge in [0.25, 0.3) is 0 Å². The number of rotatable bonds is 4. The molecule has 0 heterocycles. The van der Waals surface area contributed by atoms with Gasteiger partial charge >= 0.3 is 12.0 Å². The standard InChI is InChI=1S/C11H11Cl2FN2O3/c1-16(3-2-9(17)18)11(19)15-10-7(12)4-6(14)5-8(10)13/h4-5H,2-3H2,1H3,(H,15,19)(H,17,18). The Kier molecular flexibility index (Phi) is 5.38. The number of urea groups is 1. The minimum atomic E-state index is -1.02. The molecular formula is C11H11Cl2FN2O3. The molecule has 8 heteroatoms. The first kappa shape index (κ1) is 15.5. The van der Waals surface area contributed by atoms with Gasteiger partial charge in [-0.05, 0) is 12.1 Å². The van der Waals surface area contributed by atoms with Gasteiger partial charge < -0.3 is 15.3 Å². The molecule has 1 rings (SSSR count). The minimum Gasteiger partial charge on any atom is -0.481 e. The second kappa shape index (κ2) is 6.58. The highest BCUT2D eigenvalue weighted by Gasteiger charge is 2.15. The van der Waals surface area contributed by atoms with Gasteiger partial charge in [-0.15, -0.1) is 0 Å². The maximum absolute atomic E-state index is 13.0. The van der Waals surface area contributed by atoms with Crippen molar-refractivity contribution in [2.75, 3.05) is 18.9 Å². The van der Waals surface area contributed by atoms with E-state index in [1.807, 2.05) is 0 Å². The van der Waals surface area contributed by atoms with Crippen LogP contribution in [0.1, 0.15) is 6.42 Å². The van der Waals surface area contributed by atoms with Crippen LogP contribution in [-0.4, -0.2) is 35.6 Å². The summed E-state index contributed by atoms with van der Waals surface area (Å²) < 4.78 is 13.0. The molecule has 19 heavy (non-hydrogen) atoms. The summed E-state index contributed by atoms with van der Waals surface area (Å²) >= 11 is 11.5. The van der Waals surface area contributed by atoms with E-state index >= 15 is 0 Å². The molecule has 104 valence electrons. The van der Waals surface area contributed by atoms with E-state index in [-0.39, 0.29) is 28.7 Å². The third kappa shape index (κ3) is 4.57. The fraction of sp³-hybridized carbons (Fsp3) is 0.273. The van der Waals surface area contributed by atoms with Gasteiger partial charge in [0, 0.05) is 13.6 Å². The molecule has 0 unspecified atom stereocenters. The van der Waals surface area contributed by atoms with Crippen LogP contribution in [0.5, 0.6) is 0 Å². The SMILES string of the molecule is CN(CCC(=O)O)C(=O)Nc1c(Cl)cc(F)cc1Cl. The number of carbonyl (C=O) groups excluding carboxylic acids is 1. The Balaban J connectivity index is 2.74. The Labute approximate surface area is 118 Å². The van der Waals surface area contributed by atoms with Crippen LogP contribution in [0.3, 0.4) is 0 Å². The van der Waals surface area contributed by atoms with Gasteiger partial charge in [-0.25, -0.2) is 9.18 Å². The van der Waals surface area contributed by atoms with E-state index in [0.29, 0.717) is 0 Å². The fourth-order valence-electron chi connectivity index (χ4n) is 1.23. The molecule has 0 radical (unpaired) electrons. The van der Waals surface area contributed by atoms with E-state index in [1.54, 1.807) is 0 Å². The molecule has 2 amide bonds. The lowest BCUT2D eigenvalue weighted by atomic mass is 10.3. The highest BCUT2D eigenvalue weighted by Crippen LogP contribution is 2.31. The molecule has 0 spiro atoms. The molecule has 1 aromatic carbocycles. The zero-order valence-electron chi connectivity index (χ0n) is 9.91. The molecule has 5 nitrogen and oxygen atoms in total.